The largest absolute Gasteiger partial charge is 0.379 e. The van der Waals surface area contributed by atoms with Crippen molar-refractivity contribution in [3.63, 3.8) is 0 Å². The summed E-state index contributed by atoms with van der Waals surface area (Å²) in [4.78, 5) is 14.7. The maximum absolute atomic E-state index is 13.4. The van der Waals surface area contributed by atoms with E-state index < -0.39 is 0 Å². The van der Waals surface area contributed by atoms with E-state index in [-0.39, 0.29) is 29.6 Å². The zero-order valence-electron chi connectivity index (χ0n) is 17.2. The Hall–Kier alpha value is -2.35. The van der Waals surface area contributed by atoms with Crippen molar-refractivity contribution >= 4 is 5.91 Å². The Balaban J connectivity index is 1.51. The van der Waals surface area contributed by atoms with Gasteiger partial charge in [-0.1, -0.05) is 24.3 Å². The molecule has 0 saturated carbocycles. The summed E-state index contributed by atoms with van der Waals surface area (Å²) < 4.78 is 31.8. The van der Waals surface area contributed by atoms with E-state index in [0.29, 0.717) is 32.7 Å². The van der Waals surface area contributed by atoms with Crippen molar-refractivity contribution in [1.29, 1.82) is 0 Å². The molecule has 0 spiro atoms. The fourth-order valence-corrected chi connectivity index (χ4v) is 3.55. The van der Waals surface area contributed by atoms with Gasteiger partial charge in [-0.3, -0.25) is 9.69 Å². The average Bonchev–Trinajstić information content (AvgIpc) is 2.77. The fourth-order valence-electron chi connectivity index (χ4n) is 3.55. The van der Waals surface area contributed by atoms with Gasteiger partial charge < -0.3 is 15.4 Å². The number of nitrogens with one attached hydrogen (secondary N) is 2. The molecule has 2 unspecified atom stereocenters. The maximum atomic E-state index is 13.4. The quantitative estimate of drug-likeness (QED) is 0.659. The van der Waals surface area contributed by atoms with Crippen molar-refractivity contribution in [2.24, 2.45) is 0 Å². The van der Waals surface area contributed by atoms with Crippen LogP contribution in [0, 0.1) is 11.6 Å². The van der Waals surface area contributed by atoms with Gasteiger partial charge in [0, 0.05) is 32.2 Å². The summed E-state index contributed by atoms with van der Waals surface area (Å²) in [5.41, 5.74) is 1.98. The lowest BCUT2D eigenvalue weighted by molar-refractivity contribution is -0.122. The summed E-state index contributed by atoms with van der Waals surface area (Å²) in [7, 11) is 0. The molecule has 1 fully saturated rings. The molecule has 0 radical (unpaired) electrons. The third-order valence-corrected chi connectivity index (χ3v) is 5.38. The minimum atomic E-state index is -0.373. The van der Waals surface area contributed by atoms with Crippen molar-refractivity contribution in [2.75, 3.05) is 39.4 Å². The summed E-state index contributed by atoms with van der Waals surface area (Å²) in [6.45, 7) is 5.80. The highest BCUT2D eigenvalue weighted by molar-refractivity contribution is 5.81. The van der Waals surface area contributed by atoms with Crippen LogP contribution in [-0.2, 0) is 16.0 Å². The summed E-state index contributed by atoms with van der Waals surface area (Å²) in [6, 6.07) is 12.5. The molecule has 2 aromatic rings. The van der Waals surface area contributed by atoms with Crippen LogP contribution < -0.4 is 10.6 Å². The van der Waals surface area contributed by atoms with Crippen LogP contribution in [0.3, 0.4) is 0 Å². The molecule has 2 atom stereocenters. The number of amides is 1. The Labute approximate surface area is 176 Å². The van der Waals surface area contributed by atoms with Gasteiger partial charge in [-0.25, -0.2) is 8.78 Å². The van der Waals surface area contributed by atoms with Gasteiger partial charge in [0.25, 0.3) is 0 Å². The van der Waals surface area contributed by atoms with E-state index in [0.717, 1.165) is 24.2 Å². The monoisotopic (exact) mass is 417 g/mol. The van der Waals surface area contributed by atoms with Crippen LogP contribution >= 0.6 is 0 Å². The Morgan fingerprint density at radius 1 is 1.03 bits per heavy atom. The number of rotatable bonds is 9. The minimum absolute atomic E-state index is 0.0314. The van der Waals surface area contributed by atoms with Crippen molar-refractivity contribution in [3.05, 3.63) is 71.3 Å². The molecule has 1 heterocycles. The molecule has 5 nitrogen and oxygen atoms in total. The predicted molar refractivity (Wildman–Crippen MR) is 112 cm³/mol. The van der Waals surface area contributed by atoms with E-state index in [1.54, 1.807) is 24.3 Å². The Kier molecular flexibility index (Phi) is 8.30. The van der Waals surface area contributed by atoms with Gasteiger partial charge in [0.15, 0.2) is 0 Å². The number of carbonyl (C=O) groups is 1. The van der Waals surface area contributed by atoms with Crippen LogP contribution in [0.1, 0.15) is 24.1 Å². The van der Waals surface area contributed by atoms with Crippen molar-refractivity contribution in [1.82, 2.24) is 15.5 Å². The zero-order chi connectivity index (χ0) is 21.3. The van der Waals surface area contributed by atoms with Gasteiger partial charge in [0.05, 0.1) is 19.3 Å². The van der Waals surface area contributed by atoms with E-state index in [2.05, 4.69) is 15.5 Å². The molecular formula is C23H29F2N3O2. The van der Waals surface area contributed by atoms with Crippen molar-refractivity contribution in [3.8, 4) is 0 Å². The van der Waals surface area contributed by atoms with Crippen LogP contribution in [0.5, 0.6) is 0 Å². The SMILES string of the molecule is CC(NCC(c1ccc(F)cc1)N1CCOCC1)C(=O)NCCc1ccc(F)cc1. The van der Waals surface area contributed by atoms with E-state index in [1.165, 1.54) is 24.3 Å². The summed E-state index contributed by atoms with van der Waals surface area (Å²) in [5.74, 6) is -0.616. The lowest BCUT2D eigenvalue weighted by Gasteiger charge is -2.35. The number of ether oxygens (including phenoxy) is 1. The van der Waals surface area contributed by atoms with Crippen LogP contribution in [0.2, 0.25) is 0 Å². The molecule has 7 heteroatoms. The van der Waals surface area contributed by atoms with Crippen LogP contribution in [0.15, 0.2) is 48.5 Å². The maximum Gasteiger partial charge on any atom is 0.236 e. The van der Waals surface area contributed by atoms with Gasteiger partial charge in [-0.2, -0.15) is 0 Å². The zero-order valence-corrected chi connectivity index (χ0v) is 17.2. The van der Waals surface area contributed by atoms with Gasteiger partial charge in [-0.05, 0) is 48.7 Å². The van der Waals surface area contributed by atoms with Gasteiger partial charge in [0.2, 0.25) is 5.91 Å². The van der Waals surface area contributed by atoms with Crippen LogP contribution in [0.4, 0.5) is 8.78 Å². The first-order chi connectivity index (χ1) is 14.5. The second kappa shape index (κ2) is 11.2. The molecule has 30 heavy (non-hydrogen) atoms. The number of hydrogen-bond donors (Lipinski definition) is 2. The van der Waals surface area contributed by atoms with E-state index in [4.69, 9.17) is 4.74 Å². The first-order valence-electron chi connectivity index (χ1n) is 10.4. The van der Waals surface area contributed by atoms with E-state index >= 15 is 0 Å². The summed E-state index contributed by atoms with van der Waals surface area (Å²) in [5, 5.41) is 6.23. The Morgan fingerprint density at radius 2 is 1.63 bits per heavy atom. The molecular weight excluding hydrogens is 388 g/mol. The van der Waals surface area contributed by atoms with Crippen molar-refractivity contribution < 1.29 is 18.3 Å². The highest BCUT2D eigenvalue weighted by Gasteiger charge is 2.24. The van der Waals surface area contributed by atoms with Gasteiger partial charge in [0.1, 0.15) is 11.6 Å². The highest BCUT2D eigenvalue weighted by atomic mass is 19.1. The Bertz CT molecular complexity index is 793. The number of hydrogen-bond acceptors (Lipinski definition) is 4. The molecule has 1 amide bonds. The fraction of sp³-hybridized carbons (Fsp3) is 0.435. The van der Waals surface area contributed by atoms with Crippen molar-refractivity contribution in [2.45, 2.75) is 25.4 Å². The number of halogens is 2. The number of nitrogens with zero attached hydrogens (tertiary/aromatic N) is 1. The molecule has 1 aliphatic heterocycles. The van der Waals surface area contributed by atoms with Crippen LogP contribution in [0.25, 0.3) is 0 Å². The molecule has 2 N–H and O–H groups in total. The lowest BCUT2D eigenvalue weighted by atomic mass is 10.0. The molecule has 0 aromatic heterocycles. The Morgan fingerprint density at radius 3 is 2.27 bits per heavy atom. The molecule has 0 aliphatic carbocycles. The second-order valence-electron chi connectivity index (χ2n) is 7.51. The first-order valence-corrected chi connectivity index (χ1v) is 10.4. The predicted octanol–water partition coefficient (Wildman–Crippen LogP) is 2.68. The third-order valence-electron chi connectivity index (χ3n) is 5.38. The molecule has 3 rings (SSSR count). The highest BCUT2D eigenvalue weighted by Crippen LogP contribution is 2.22. The topological polar surface area (TPSA) is 53.6 Å². The molecule has 162 valence electrons. The van der Waals surface area contributed by atoms with E-state index in [1.807, 2.05) is 6.92 Å². The minimum Gasteiger partial charge on any atom is -0.379 e. The molecule has 1 aliphatic rings. The smallest absolute Gasteiger partial charge is 0.236 e. The third kappa shape index (κ3) is 6.58. The summed E-state index contributed by atoms with van der Waals surface area (Å²) in [6.07, 6.45) is 0.644. The average molecular weight is 418 g/mol. The molecule has 1 saturated heterocycles. The lowest BCUT2D eigenvalue weighted by Crippen LogP contribution is -2.48. The van der Waals surface area contributed by atoms with E-state index in [9.17, 15) is 13.6 Å². The normalized spacial score (nSPS) is 16.8. The number of carbonyl (C=O) groups excluding carboxylic acids is 1. The number of benzene rings is 2. The molecule has 2 aromatic carbocycles. The summed E-state index contributed by atoms with van der Waals surface area (Å²) >= 11 is 0. The van der Waals surface area contributed by atoms with Gasteiger partial charge >= 0.3 is 0 Å². The standard InChI is InChI=1S/C23H29F2N3O2/c1-17(23(29)26-11-10-18-2-6-20(24)7-3-18)27-16-22(28-12-14-30-15-13-28)19-4-8-21(25)9-5-19/h2-9,17,22,27H,10-16H2,1H3,(H,26,29). The first kappa shape index (κ1) is 22.3. The molecule has 0 bridgehead atoms. The van der Waals surface area contributed by atoms with Gasteiger partial charge in [-0.15, -0.1) is 0 Å². The second-order valence-corrected chi connectivity index (χ2v) is 7.51. The van der Waals surface area contributed by atoms with Crippen LogP contribution in [-0.4, -0.2) is 56.2 Å². The number of morpholine rings is 1.